The molecule has 5 nitrogen and oxygen atoms in total. The summed E-state index contributed by atoms with van der Waals surface area (Å²) in [6, 6.07) is 13.2. The quantitative estimate of drug-likeness (QED) is 0.561. The molecule has 1 N–H and O–H groups in total. The van der Waals surface area contributed by atoms with Gasteiger partial charge >= 0.3 is 0 Å². The standard InChI is InChI=1S/C19H12FN3O2S/c20-15-8-4-3-7-14(15)16-11-22-18(25-16)13-6-2-1-5-12(13)17(24)23-19-21-9-10-26-19/h1-11H,(H,21,23,24). The highest BCUT2D eigenvalue weighted by Gasteiger charge is 2.18. The van der Waals surface area contributed by atoms with Gasteiger partial charge in [-0.25, -0.2) is 14.4 Å². The van der Waals surface area contributed by atoms with Crippen LogP contribution < -0.4 is 5.32 Å². The van der Waals surface area contributed by atoms with Crippen LogP contribution in [-0.4, -0.2) is 15.9 Å². The average Bonchev–Trinajstić information content (AvgIpc) is 3.34. The molecule has 0 aliphatic heterocycles. The molecule has 0 radical (unpaired) electrons. The average molecular weight is 365 g/mol. The third-order valence-electron chi connectivity index (χ3n) is 3.70. The minimum Gasteiger partial charge on any atom is -0.436 e. The molecular formula is C19H12FN3O2S. The molecule has 0 saturated carbocycles. The van der Waals surface area contributed by atoms with E-state index in [1.807, 2.05) is 0 Å². The summed E-state index contributed by atoms with van der Waals surface area (Å²) in [7, 11) is 0. The molecule has 26 heavy (non-hydrogen) atoms. The lowest BCUT2D eigenvalue weighted by Crippen LogP contribution is -2.12. The van der Waals surface area contributed by atoms with Crippen LogP contribution in [0.5, 0.6) is 0 Å². The van der Waals surface area contributed by atoms with Crippen LogP contribution in [0.3, 0.4) is 0 Å². The van der Waals surface area contributed by atoms with Crippen LogP contribution in [0.15, 0.2) is 70.7 Å². The van der Waals surface area contributed by atoms with Gasteiger partial charge in [0.15, 0.2) is 10.9 Å². The highest BCUT2D eigenvalue weighted by Crippen LogP contribution is 2.30. The van der Waals surface area contributed by atoms with Crippen LogP contribution in [0.4, 0.5) is 9.52 Å². The number of hydrogen-bond donors (Lipinski definition) is 1. The Balaban J connectivity index is 1.69. The predicted octanol–water partition coefficient (Wildman–Crippen LogP) is 4.86. The Hall–Kier alpha value is -3.32. The van der Waals surface area contributed by atoms with E-state index in [1.165, 1.54) is 23.6 Å². The van der Waals surface area contributed by atoms with Gasteiger partial charge in [-0.3, -0.25) is 10.1 Å². The van der Waals surface area contributed by atoms with E-state index in [9.17, 15) is 9.18 Å². The third kappa shape index (κ3) is 3.12. The largest absolute Gasteiger partial charge is 0.436 e. The van der Waals surface area contributed by atoms with Gasteiger partial charge in [-0.15, -0.1) is 11.3 Å². The first-order valence-electron chi connectivity index (χ1n) is 7.73. The van der Waals surface area contributed by atoms with Crippen LogP contribution in [0.2, 0.25) is 0 Å². The van der Waals surface area contributed by atoms with Gasteiger partial charge in [0, 0.05) is 17.1 Å². The number of rotatable bonds is 4. The fraction of sp³-hybridized carbons (Fsp3) is 0. The highest BCUT2D eigenvalue weighted by atomic mass is 32.1. The zero-order chi connectivity index (χ0) is 17.9. The van der Waals surface area contributed by atoms with Crippen molar-refractivity contribution in [3.8, 4) is 22.8 Å². The van der Waals surface area contributed by atoms with Crippen molar-refractivity contribution in [3.05, 3.63) is 77.7 Å². The number of hydrogen-bond acceptors (Lipinski definition) is 5. The SMILES string of the molecule is O=C(Nc1nccs1)c1ccccc1-c1ncc(-c2ccccc2F)o1. The number of carbonyl (C=O) groups is 1. The van der Waals surface area contributed by atoms with Gasteiger partial charge in [0.1, 0.15) is 5.82 Å². The van der Waals surface area contributed by atoms with E-state index in [4.69, 9.17) is 4.42 Å². The molecule has 0 atom stereocenters. The second-order valence-electron chi connectivity index (χ2n) is 5.35. The van der Waals surface area contributed by atoms with E-state index >= 15 is 0 Å². The van der Waals surface area contributed by atoms with Crippen molar-refractivity contribution in [1.29, 1.82) is 0 Å². The molecule has 0 fully saturated rings. The van der Waals surface area contributed by atoms with Crippen molar-refractivity contribution in [1.82, 2.24) is 9.97 Å². The summed E-state index contributed by atoms with van der Waals surface area (Å²) in [5.41, 5.74) is 1.23. The first-order valence-corrected chi connectivity index (χ1v) is 8.61. The highest BCUT2D eigenvalue weighted by molar-refractivity contribution is 7.13. The number of nitrogens with one attached hydrogen (secondary N) is 1. The smallest absolute Gasteiger partial charge is 0.258 e. The van der Waals surface area contributed by atoms with E-state index in [0.717, 1.165) is 0 Å². The lowest BCUT2D eigenvalue weighted by molar-refractivity contribution is 0.102. The molecule has 0 aliphatic carbocycles. The Kier molecular flexibility index (Phi) is 4.28. The summed E-state index contributed by atoms with van der Waals surface area (Å²) in [6.07, 6.45) is 3.06. The number of aromatic nitrogens is 2. The first kappa shape index (κ1) is 16.2. The summed E-state index contributed by atoms with van der Waals surface area (Å²) < 4.78 is 19.7. The number of oxazole rings is 1. The van der Waals surface area contributed by atoms with E-state index in [-0.39, 0.29) is 11.8 Å². The number of anilines is 1. The van der Waals surface area contributed by atoms with Crippen molar-refractivity contribution >= 4 is 22.4 Å². The zero-order valence-electron chi connectivity index (χ0n) is 13.3. The van der Waals surface area contributed by atoms with Gasteiger partial charge in [-0.1, -0.05) is 24.3 Å². The topological polar surface area (TPSA) is 68.0 Å². The van der Waals surface area contributed by atoms with Crippen molar-refractivity contribution in [2.45, 2.75) is 0 Å². The molecule has 2 heterocycles. The van der Waals surface area contributed by atoms with Crippen molar-refractivity contribution < 1.29 is 13.6 Å². The molecule has 0 unspecified atom stereocenters. The maximum Gasteiger partial charge on any atom is 0.258 e. The normalized spacial score (nSPS) is 10.7. The second-order valence-corrected chi connectivity index (χ2v) is 6.24. The Bertz CT molecular complexity index is 1060. The molecule has 4 rings (SSSR count). The number of carbonyl (C=O) groups excluding carboxylic acids is 1. The molecule has 0 saturated heterocycles. The summed E-state index contributed by atoms with van der Waals surface area (Å²) in [6.45, 7) is 0. The predicted molar refractivity (Wildman–Crippen MR) is 97.4 cm³/mol. The van der Waals surface area contributed by atoms with E-state index in [0.29, 0.717) is 27.6 Å². The molecule has 128 valence electrons. The van der Waals surface area contributed by atoms with E-state index in [1.54, 1.807) is 54.0 Å². The lowest BCUT2D eigenvalue weighted by Gasteiger charge is -2.06. The molecule has 0 aliphatic rings. The minimum absolute atomic E-state index is 0.244. The lowest BCUT2D eigenvalue weighted by atomic mass is 10.1. The molecule has 2 aromatic heterocycles. The van der Waals surface area contributed by atoms with Gasteiger partial charge in [0.05, 0.1) is 17.3 Å². The fourth-order valence-corrected chi connectivity index (χ4v) is 3.03. The Morgan fingerprint density at radius 3 is 2.58 bits per heavy atom. The molecule has 2 aromatic carbocycles. The van der Waals surface area contributed by atoms with Crippen LogP contribution in [0, 0.1) is 5.82 Å². The molecule has 0 spiro atoms. The maximum absolute atomic E-state index is 13.9. The van der Waals surface area contributed by atoms with Crippen LogP contribution >= 0.6 is 11.3 Å². The van der Waals surface area contributed by atoms with Gasteiger partial charge in [0.2, 0.25) is 5.89 Å². The molecule has 4 aromatic rings. The fourth-order valence-electron chi connectivity index (χ4n) is 2.50. The van der Waals surface area contributed by atoms with Crippen molar-refractivity contribution in [3.63, 3.8) is 0 Å². The summed E-state index contributed by atoms with van der Waals surface area (Å²) in [5.74, 6) is -0.174. The minimum atomic E-state index is -0.398. The maximum atomic E-state index is 13.9. The molecular weight excluding hydrogens is 353 g/mol. The molecule has 0 bridgehead atoms. The summed E-state index contributed by atoms with van der Waals surface area (Å²) in [4.78, 5) is 20.8. The van der Waals surface area contributed by atoms with Gasteiger partial charge < -0.3 is 4.42 Å². The van der Waals surface area contributed by atoms with E-state index < -0.39 is 5.82 Å². The Morgan fingerprint density at radius 2 is 1.81 bits per heavy atom. The van der Waals surface area contributed by atoms with Gasteiger partial charge in [0.25, 0.3) is 5.91 Å². The van der Waals surface area contributed by atoms with Crippen LogP contribution in [0.1, 0.15) is 10.4 Å². The summed E-state index contributed by atoms with van der Waals surface area (Å²) in [5, 5.41) is 5.01. The van der Waals surface area contributed by atoms with Gasteiger partial charge in [-0.2, -0.15) is 0 Å². The second kappa shape index (κ2) is 6.89. The number of thiazole rings is 1. The van der Waals surface area contributed by atoms with Gasteiger partial charge in [-0.05, 0) is 24.3 Å². The molecule has 1 amide bonds. The number of benzene rings is 2. The van der Waals surface area contributed by atoms with Crippen molar-refractivity contribution in [2.24, 2.45) is 0 Å². The third-order valence-corrected chi connectivity index (χ3v) is 4.39. The monoisotopic (exact) mass is 365 g/mol. The van der Waals surface area contributed by atoms with E-state index in [2.05, 4.69) is 15.3 Å². The Labute approximate surface area is 152 Å². The first-order chi connectivity index (χ1) is 12.7. The zero-order valence-corrected chi connectivity index (χ0v) is 14.2. The number of halogens is 1. The number of nitrogens with zero attached hydrogens (tertiary/aromatic N) is 2. The van der Waals surface area contributed by atoms with Crippen molar-refractivity contribution in [2.75, 3.05) is 5.32 Å². The van der Waals surface area contributed by atoms with Crippen LogP contribution in [0.25, 0.3) is 22.8 Å². The Morgan fingerprint density at radius 1 is 1.04 bits per heavy atom. The van der Waals surface area contributed by atoms with Crippen LogP contribution in [-0.2, 0) is 0 Å². The number of amides is 1. The summed E-state index contributed by atoms with van der Waals surface area (Å²) >= 11 is 1.33. The molecule has 7 heteroatoms.